The highest BCUT2D eigenvalue weighted by atomic mass is 79.9. The van der Waals surface area contributed by atoms with Crippen molar-refractivity contribution in [2.24, 2.45) is 5.10 Å². The van der Waals surface area contributed by atoms with Crippen LogP contribution in [0.25, 0.3) is 0 Å². The lowest BCUT2D eigenvalue weighted by atomic mass is 10.2. The van der Waals surface area contributed by atoms with Crippen LogP contribution in [0, 0.1) is 6.92 Å². The summed E-state index contributed by atoms with van der Waals surface area (Å²) in [6, 6.07) is 19.9. The minimum Gasteiger partial charge on any atom is -0.421 e. The number of hydrazone groups is 1. The van der Waals surface area contributed by atoms with Crippen molar-refractivity contribution in [1.29, 1.82) is 0 Å². The highest BCUT2D eigenvalue weighted by Gasteiger charge is 2.15. The van der Waals surface area contributed by atoms with Gasteiger partial charge >= 0.3 is 5.97 Å². The van der Waals surface area contributed by atoms with E-state index in [0.717, 1.165) is 15.7 Å². The van der Waals surface area contributed by atoms with E-state index in [1.165, 1.54) is 6.21 Å². The highest BCUT2D eigenvalue weighted by Crippen LogP contribution is 2.32. The average molecular weight is 545 g/mol. The lowest BCUT2D eigenvalue weighted by Crippen LogP contribution is -2.25. The number of hydrogen-bond donors (Lipinski definition) is 2. The van der Waals surface area contributed by atoms with Gasteiger partial charge in [-0.1, -0.05) is 51.8 Å². The molecule has 0 atom stereocenters. The maximum absolute atomic E-state index is 12.4. The van der Waals surface area contributed by atoms with E-state index in [4.69, 9.17) is 4.74 Å². The van der Waals surface area contributed by atoms with Gasteiger partial charge in [-0.25, -0.2) is 10.2 Å². The normalized spacial score (nSPS) is 10.7. The van der Waals surface area contributed by atoms with Gasteiger partial charge in [-0.3, -0.25) is 4.79 Å². The number of halogens is 2. The summed E-state index contributed by atoms with van der Waals surface area (Å²) in [7, 11) is 0. The zero-order valence-electron chi connectivity index (χ0n) is 16.6. The molecule has 6 nitrogen and oxygen atoms in total. The SMILES string of the molecule is Cc1ccc(NCC(=O)N/N=C/c2cc(Br)cc(Br)c2OC(=O)c2ccccc2)cc1. The van der Waals surface area contributed by atoms with E-state index < -0.39 is 5.97 Å². The Hall–Kier alpha value is -2.97. The van der Waals surface area contributed by atoms with E-state index in [1.54, 1.807) is 36.4 Å². The lowest BCUT2D eigenvalue weighted by molar-refractivity contribution is -0.119. The molecule has 2 N–H and O–H groups in total. The number of benzene rings is 3. The van der Waals surface area contributed by atoms with E-state index in [-0.39, 0.29) is 12.5 Å². The second-order valence-corrected chi connectivity index (χ2v) is 8.34. The predicted molar refractivity (Wildman–Crippen MR) is 129 cm³/mol. The molecule has 0 saturated carbocycles. The van der Waals surface area contributed by atoms with Gasteiger partial charge < -0.3 is 10.1 Å². The van der Waals surface area contributed by atoms with Gasteiger partial charge in [0.25, 0.3) is 5.91 Å². The fourth-order valence-corrected chi connectivity index (χ4v) is 3.92. The molecule has 0 fully saturated rings. The molecule has 0 heterocycles. The summed E-state index contributed by atoms with van der Waals surface area (Å²) >= 11 is 6.81. The molecule has 0 spiro atoms. The minimum absolute atomic E-state index is 0.0679. The molecule has 1 amide bonds. The van der Waals surface area contributed by atoms with Crippen LogP contribution in [0.15, 0.2) is 80.8 Å². The van der Waals surface area contributed by atoms with Gasteiger partial charge in [0.15, 0.2) is 5.75 Å². The average Bonchev–Trinajstić information content (AvgIpc) is 2.76. The standard InChI is InChI=1S/C23H19Br2N3O3/c1-15-7-9-19(10-8-15)26-14-21(29)28-27-13-17-11-18(24)12-20(25)22(17)31-23(30)16-5-3-2-4-6-16/h2-13,26H,14H2,1H3,(H,28,29)/b27-13+. The fourth-order valence-electron chi connectivity index (χ4n) is 2.58. The number of hydrogen-bond acceptors (Lipinski definition) is 5. The summed E-state index contributed by atoms with van der Waals surface area (Å²) < 4.78 is 6.89. The number of nitrogens with one attached hydrogen (secondary N) is 2. The smallest absolute Gasteiger partial charge is 0.343 e. The topological polar surface area (TPSA) is 79.8 Å². The van der Waals surface area contributed by atoms with Gasteiger partial charge in [0.1, 0.15) is 0 Å². The molecule has 0 aliphatic rings. The molecule has 0 aromatic heterocycles. The van der Waals surface area contributed by atoms with Crippen molar-refractivity contribution in [3.05, 3.63) is 92.4 Å². The molecular weight excluding hydrogens is 526 g/mol. The summed E-state index contributed by atoms with van der Waals surface area (Å²) in [5.41, 5.74) is 5.38. The van der Waals surface area contributed by atoms with Gasteiger partial charge in [-0.15, -0.1) is 0 Å². The Morgan fingerprint density at radius 2 is 1.74 bits per heavy atom. The third-order valence-corrected chi connectivity index (χ3v) is 5.19. The predicted octanol–water partition coefficient (Wildman–Crippen LogP) is 5.30. The summed E-state index contributed by atoms with van der Waals surface area (Å²) in [6.45, 7) is 2.06. The van der Waals surface area contributed by atoms with E-state index >= 15 is 0 Å². The third-order valence-electron chi connectivity index (χ3n) is 4.14. The van der Waals surface area contributed by atoms with Gasteiger partial charge in [-0.2, -0.15) is 5.10 Å². The van der Waals surface area contributed by atoms with Crippen LogP contribution in [0.3, 0.4) is 0 Å². The lowest BCUT2D eigenvalue weighted by Gasteiger charge is -2.10. The molecule has 3 rings (SSSR count). The third kappa shape index (κ3) is 6.77. The molecule has 158 valence electrons. The Labute approximate surface area is 197 Å². The number of ether oxygens (including phenoxy) is 1. The molecule has 3 aromatic carbocycles. The highest BCUT2D eigenvalue weighted by molar-refractivity contribution is 9.11. The molecule has 0 unspecified atom stereocenters. The number of rotatable bonds is 7. The molecule has 8 heteroatoms. The van der Waals surface area contributed by atoms with E-state index in [2.05, 4.69) is 47.7 Å². The second kappa shape index (κ2) is 10.9. The molecule has 31 heavy (non-hydrogen) atoms. The van der Waals surface area contributed by atoms with Gasteiger partial charge in [-0.05, 0) is 59.3 Å². The Morgan fingerprint density at radius 1 is 1.03 bits per heavy atom. The largest absolute Gasteiger partial charge is 0.421 e. The first-order valence-electron chi connectivity index (χ1n) is 9.31. The van der Waals surface area contributed by atoms with Crippen molar-refractivity contribution >= 4 is 55.6 Å². The Kier molecular flexibility index (Phi) is 7.97. The summed E-state index contributed by atoms with van der Waals surface area (Å²) in [4.78, 5) is 24.5. The molecule has 0 aliphatic heterocycles. The van der Waals surface area contributed by atoms with Gasteiger partial charge in [0.2, 0.25) is 0 Å². The number of anilines is 1. The molecule has 3 aromatic rings. The first-order chi connectivity index (χ1) is 14.9. The van der Waals surface area contributed by atoms with E-state index in [0.29, 0.717) is 21.3 Å². The van der Waals surface area contributed by atoms with Crippen LogP contribution in [0.4, 0.5) is 5.69 Å². The molecule has 0 radical (unpaired) electrons. The fraction of sp³-hybridized carbons (Fsp3) is 0.0870. The van der Waals surface area contributed by atoms with Crippen LogP contribution in [0.2, 0.25) is 0 Å². The van der Waals surface area contributed by atoms with Gasteiger partial charge in [0.05, 0.1) is 22.8 Å². The Balaban J connectivity index is 1.65. The number of nitrogens with zero attached hydrogens (tertiary/aromatic N) is 1. The first-order valence-corrected chi connectivity index (χ1v) is 10.9. The Bertz CT molecular complexity index is 1100. The number of carbonyl (C=O) groups excluding carboxylic acids is 2. The zero-order valence-corrected chi connectivity index (χ0v) is 19.7. The molecule has 0 bridgehead atoms. The molecule has 0 saturated heterocycles. The van der Waals surface area contributed by atoms with Gasteiger partial charge in [0, 0.05) is 15.7 Å². The maximum Gasteiger partial charge on any atom is 0.343 e. The number of amides is 1. The summed E-state index contributed by atoms with van der Waals surface area (Å²) in [5.74, 6) is -0.508. The summed E-state index contributed by atoms with van der Waals surface area (Å²) in [6.07, 6.45) is 1.42. The quantitative estimate of drug-likeness (QED) is 0.183. The van der Waals surface area contributed by atoms with Crippen molar-refractivity contribution in [3.8, 4) is 5.75 Å². The van der Waals surface area contributed by atoms with Crippen LogP contribution in [0.1, 0.15) is 21.5 Å². The van der Waals surface area contributed by atoms with E-state index in [9.17, 15) is 9.59 Å². The van der Waals surface area contributed by atoms with Crippen molar-refractivity contribution in [2.75, 3.05) is 11.9 Å². The number of esters is 1. The van der Waals surface area contributed by atoms with Crippen LogP contribution < -0.4 is 15.5 Å². The second-order valence-electron chi connectivity index (χ2n) is 6.57. The number of aryl methyl sites for hydroxylation is 1. The zero-order chi connectivity index (χ0) is 22.2. The van der Waals surface area contributed by atoms with Crippen molar-refractivity contribution < 1.29 is 14.3 Å². The maximum atomic E-state index is 12.4. The molecule has 0 aliphatic carbocycles. The van der Waals surface area contributed by atoms with Crippen molar-refractivity contribution in [2.45, 2.75) is 6.92 Å². The first kappa shape index (κ1) is 22.7. The number of carbonyl (C=O) groups is 2. The van der Waals surface area contributed by atoms with Crippen LogP contribution in [0.5, 0.6) is 5.75 Å². The monoisotopic (exact) mass is 543 g/mol. The minimum atomic E-state index is -0.496. The Morgan fingerprint density at radius 3 is 2.45 bits per heavy atom. The van der Waals surface area contributed by atoms with Crippen molar-refractivity contribution in [1.82, 2.24) is 5.43 Å². The van der Waals surface area contributed by atoms with Crippen LogP contribution >= 0.6 is 31.9 Å². The summed E-state index contributed by atoms with van der Waals surface area (Å²) in [5, 5.41) is 7.02. The van der Waals surface area contributed by atoms with Crippen molar-refractivity contribution in [3.63, 3.8) is 0 Å². The van der Waals surface area contributed by atoms with Crippen LogP contribution in [-0.2, 0) is 4.79 Å². The van der Waals surface area contributed by atoms with Crippen LogP contribution in [-0.4, -0.2) is 24.6 Å². The van der Waals surface area contributed by atoms with E-state index in [1.807, 2.05) is 37.3 Å². The molecular formula is C23H19Br2N3O3.